The molecule has 2 aromatic carbocycles. The first-order valence-corrected chi connectivity index (χ1v) is 7.14. The summed E-state index contributed by atoms with van der Waals surface area (Å²) in [7, 11) is 0. The third-order valence-electron chi connectivity index (χ3n) is 3.77. The Morgan fingerprint density at radius 3 is 1.74 bits per heavy atom. The van der Waals surface area contributed by atoms with Crippen molar-refractivity contribution in [1.82, 2.24) is 0 Å². The van der Waals surface area contributed by atoms with Crippen LogP contribution in [0.15, 0.2) is 36.4 Å². The average Bonchev–Trinajstić information content (AvgIpc) is 2.46. The molecule has 0 aliphatic carbocycles. The van der Waals surface area contributed by atoms with Gasteiger partial charge in [0.1, 0.15) is 5.75 Å². The molecule has 0 saturated carbocycles. The molecule has 0 saturated heterocycles. The molecule has 0 aromatic heterocycles. The number of aromatic hydroxyl groups is 1. The minimum absolute atomic E-state index is 0.445. The summed E-state index contributed by atoms with van der Waals surface area (Å²) < 4.78 is 0. The normalized spacial score (nSPS) is 10.7. The zero-order valence-corrected chi connectivity index (χ0v) is 12.0. The van der Waals surface area contributed by atoms with Gasteiger partial charge >= 0.3 is 0 Å². The van der Waals surface area contributed by atoms with Gasteiger partial charge in [-0.2, -0.15) is 0 Å². The van der Waals surface area contributed by atoms with Crippen LogP contribution >= 0.6 is 0 Å². The first kappa shape index (κ1) is 13.7. The SMILES string of the molecule is CCc1cccc(-c2c(CC)cccc2CC)c1O. The third kappa shape index (κ3) is 2.51. The highest BCUT2D eigenvalue weighted by Gasteiger charge is 2.14. The number of para-hydroxylation sites is 1. The van der Waals surface area contributed by atoms with Gasteiger partial charge in [0.15, 0.2) is 0 Å². The lowest BCUT2D eigenvalue weighted by molar-refractivity contribution is 0.471. The molecule has 0 heterocycles. The van der Waals surface area contributed by atoms with Crippen LogP contribution in [0.5, 0.6) is 5.75 Å². The molecule has 2 rings (SSSR count). The Labute approximate surface area is 115 Å². The van der Waals surface area contributed by atoms with E-state index in [0.29, 0.717) is 5.75 Å². The molecule has 0 spiro atoms. The molecule has 0 aliphatic heterocycles. The molecule has 0 fully saturated rings. The topological polar surface area (TPSA) is 20.2 Å². The molecule has 0 unspecified atom stereocenters. The van der Waals surface area contributed by atoms with Gasteiger partial charge < -0.3 is 5.11 Å². The van der Waals surface area contributed by atoms with Gasteiger partial charge in [0.05, 0.1) is 0 Å². The highest BCUT2D eigenvalue weighted by Crippen LogP contribution is 2.37. The van der Waals surface area contributed by atoms with Crippen molar-refractivity contribution in [2.75, 3.05) is 0 Å². The fourth-order valence-corrected chi connectivity index (χ4v) is 2.67. The number of phenolic OH excluding ortho intramolecular Hbond substituents is 1. The number of benzene rings is 2. The summed E-state index contributed by atoms with van der Waals surface area (Å²) in [6.07, 6.45) is 2.83. The zero-order chi connectivity index (χ0) is 13.8. The van der Waals surface area contributed by atoms with Crippen molar-refractivity contribution in [2.45, 2.75) is 40.0 Å². The van der Waals surface area contributed by atoms with Gasteiger partial charge in [-0.25, -0.2) is 0 Å². The predicted molar refractivity (Wildman–Crippen MR) is 81.7 cm³/mol. The van der Waals surface area contributed by atoms with Gasteiger partial charge in [-0.1, -0.05) is 57.2 Å². The minimum Gasteiger partial charge on any atom is -0.507 e. The Hall–Kier alpha value is -1.76. The molecule has 2 aromatic rings. The van der Waals surface area contributed by atoms with E-state index in [1.165, 1.54) is 16.7 Å². The molecule has 1 nitrogen and oxygen atoms in total. The molecule has 0 bridgehead atoms. The van der Waals surface area contributed by atoms with Crippen molar-refractivity contribution in [2.24, 2.45) is 0 Å². The van der Waals surface area contributed by atoms with E-state index in [9.17, 15) is 5.11 Å². The molecule has 0 aliphatic rings. The van der Waals surface area contributed by atoms with Crippen LogP contribution in [0.2, 0.25) is 0 Å². The van der Waals surface area contributed by atoms with E-state index in [4.69, 9.17) is 0 Å². The number of aryl methyl sites for hydroxylation is 3. The van der Waals surface area contributed by atoms with Crippen LogP contribution in [0.3, 0.4) is 0 Å². The van der Waals surface area contributed by atoms with Crippen molar-refractivity contribution in [3.05, 3.63) is 53.1 Å². The molecule has 0 atom stereocenters. The fraction of sp³-hybridized carbons (Fsp3) is 0.333. The van der Waals surface area contributed by atoms with E-state index in [2.05, 4.69) is 39.0 Å². The van der Waals surface area contributed by atoms with E-state index in [0.717, 1.165) is 30.4 Å². The van der Waals surface area contributed by atoms with Gasteiger partial charge in [0.25, 0.3) is 0 Å². The Morgan fingerprint density at radius 2 is 1.21 bits per heavy atom. The summed E-state index contributed by atoms with van der Waals surface area (Å²) in [5, 5.41) is 10.5. The van der Waals surface area contributed by atoms with Gasteiger partial charge in [0, 0.05) is 5.56 Å². The zero-order valence-electron chi connectivity index (χ0n) is 12.0. The van der Waals surface area contributed by atoms with Crippen LogP contribution in [-0.4, -0.2) is 5.11 Å². The first-order chi connectivity index (χ1) is 9.22. The second-order valence-electron chi connectivity index (χ2n) is 4.83. The van der Waals surface area contributed by atoms with E-state index < -0.39 is 0 Å². The lowest BCUT2D eigenvalue weighted by atomic mass is 9.90. The van der Waals surface area contributed by atoms with Crippen LogP contribution in [0.1, 0.15) is 37.5 Å². The average molecular weight is 254 g/mol. The van der Waals surface area contributed by atoms with Crippen LogP contribution < -0.4 is 0 Å². The van der Waals surface area contributed by atoms with Gasteiger partial charge in [-0.3, -0.25) is 0 Å². The van der Waals surface area contributed by atoms with Crippen LogP contribution in [-0.2, 0) is 19.3 Å². The maximum atomic E-state index is 10.5. The van der Waals surface area contributed by atoms with Crippen molar-refractivity contribution >= 4 is 0 Å². The highest BCUT2D eigenvalue weighted by atomic mass is 16.3. The second-order valence-corrected chi connectivity index (χ2v) is 4.83. The highest BCUT2D eigenvalue weighted by molar-refractivity contribution is 5.77. The lowest BCUT2D eigenvalue weighted by Gasteiger charge is -2.16. The van der Waals surface area contributed by atoms with Gasteiger partial charge in [-0.15, -0.1) is 0 Å². The molecule has 19 heavy (non-hydrogen) atoms. The Kier molecular flexibility index (Phi) is 4.26. The maximum Gasteiger partial charge on any atom is 0.126 e. The third-order valence-corrected chi connectivity index (χ3v) is 3.77. The number of hydrogen-bond donors (Lipinski definition) is 1. The molecule has 1 heteroatoms. The Morgan fingerprint density at radius 1 is 0.737 bits per heavy atom. The Bertz CT molecular complexity index is 548. The van der Waals surface area contributed by atoms with Crippen molar-refractivity contribution < 1.29 is 5.11 Å². The van der Waals surface area contributed by atoms with E-state index in [1.54, 1.807) is 0 Å². The van der Waals surface area contributed by atoms with Gasteiger partial charge in [0.2, 0.25) is 0 Å². The molecule has 1 N–H and O–H groups in total. The smallest absolute Gasteiger partial charge is 0.126 e. The Balaban J connectivity index is 2.71. The number of rotatable bonds is 4. The summed E-state index contributed by atoms with van der Waals surface area (Å²) in [4.78, 5) is 0. The summed E-state index contributed by atoms with van der Waals surface area (Å²) in [6.45, 7) is 6.41. The summed E-state index contributed by atoms with van der Waals surface area (Å²) in [6, 6.07) is 12.5. The quantitative estimate of drug-likeness (QED) is 0.835. The lowest BCUT2D eigenvalue weighted by Crippen LogP contribution is -1.95. The number of phenols is 1. The molecule has 100 valence electrons. The maximum absolute atomic E-state index is 10.5. The first-order valence-electron chi connectivity index (χ1n) is 7.14. The van der Waals surface area contributed by atoms with Crippen LogP contribution in [0, 0.1) is 0 Å². The molecular formula is C18H22O. The second kappa shape index (κ2) is 5.92. The fourth-order valence-electron chi connectivity index (χ4n) is 2.67. The van der Waals surface area contributed by atoms with Crippen molar-refractivity contribution in [1.29, 1.82) is 0 Å². The van der Waals surface area contributed by atoms with Gasteiger partial charge in [-0.05, 0) is 41.5 Å². The minimum atomic E-state index is 0.445. The predicted octanol–water partition coefficient (Wildman–Crippen LogP) is 4.75. The van der Waals surface area contributed by atoms with E-state index >= 15 is 0 Å². The van der Waals surface area contributed by atoms with Crippen molar-refractivity contribution in [3.63, 3.8) is 0 Å². The van der Waals surface area contributed by atoms with Crippen LogP contribution in [0.25, 0.3) is 11.1 Å². The standard InChI is InChI=1S/C18H22O/c1-4-13-9-7-10-14(5-2)17(13)16-12-8-11-15(6-3)18(16)19/h7-12,19H,4-6H2,1-3H3. The van der Waals surface area contributed by atoms with Crippen LogP contribution in [0.4, 0.5) is 0 Å². The monoisotopic (exact) mass is 254 g/mol. The molecule has 0 amide bonds. The molecule has 0 radical (unpaired) electrons. The summed E-state index contributed by atoms with van der Waals surface area (Å²) in [5.74, 6) is 0.445. The van der Waals surface area contributed by atoms with E-state index in [-0.39, 0.29) is 0 Å². The number of hydrogen-bond acceptors (Lipinski definition) is 1. The summed E-state index contributed by atoms with van der Waals surface area (Å²) >= 11 is 0. The summed E-state index contributed by atoms with van der Waals surface area (Å²) in [5.41, 5.74) is 5.84. The van der Waals surface area contributed by atoms with Crippen molar-refractivity contribution in [3.8, 4) is 16.9 Å². The molecular weight excluding hydrogens is 232 g/mol. The van der Waals surface area contributed by atoms with E-state index in [1.807, 2.05) is 18.2 Å². The largest absolute Gasteiger partial charge is 0.507 e.